The zero-order chi connectivity index (χ0) is 20.8. The van der Waals surface area contributed by atoms with E-state index in [1.54, 1.807) is 19.2 Å². The largest absolute Gasteiger partial charge is 0.496 e. The number of sulfonamides is 1. The average molecular weight is 430 g/mol. The highest BCUT2D eigenvalue weighted by Gasteiger charge is 2.32. The lowest BCUT2D eigenvalue weighted by Crippen LogP contribution is -2.20. The van der Waals surface area contributed by atoms with E-state index < -0.39 is 16.1 Å². The van der Waals surface area contributed by atoms with Gasteiger partial charge in [-0.15, -0.1) is 0 Å². The highest BCUT2D eigenvalue weighted by molar-refractivity contribution is 7.88. The molecule has 3 aromatic rings. The third-order valence-electron chi connectivity index (χ3n) is 5.12. The van der Waals surface area contributed by atoms with E-state index >= 15 is 0 Å². The molecule has 0 saturated carbocycles. The molecule has 0 spiro atoms. The van der Waals surface area contributed by atoms with Crippen molar-refractivity contribution in [2.75, 3.05) is 7.11 Å². The molecule has 4 rings (SSSR count). The Balaban J connectivity index is 2.00. The number of nitrogens with two attached hydrogens (primary N) is 1. The molecule has 1 atom stereocenters. The molecule has 0 aliphatic carbocycles. The van der Waals surface area contributed by atoms with Crippen LogP contribution in [0.25, 0.3) is 11.1 Å². The molecule has 0 fully saturated rings. The van der Waals surface area contributed by atoms with Crippen molar-refractivity contribution in [1.82, 2.24) is 0 Å². The van der Waals surface area contributed by atoms with Crippen molar-refractivity contribution in [3.63, 3.8) is 0 Å². The van der Waals surface area contributed by atoms with Crippen LogP contribution < -0.4 is 14.6 Å². The summed E-state index contributed by atoms with van der Waals surface area (Å²) in [7, 11) is -2.06. The number of primary sulfonamides is 1. The zero-order valence-corrected chi connectivity index (χ0v) is 17.5. The molecule has 1 heterocycles. The summed E-state index contributed by atoms with van der Waals surface area (Å²) < 4.78 is 35.4. The lowest BCUT2D eigenvalue weighted by Gasteiger charge is -2.32. The molecule has 7 heteroatoms. The molecule has 0 bridgehead atoms. The van der Waals surface area contributed by atoms with Crippen molar-refractivity contribution in [3.8, 4) is 22.6 Å². The van der Waals surface area contributed by atoms with Crippen molar-refractivity contribution in [3.05, 3.63) is 81.9 Å². The Hall–Kier alpha value is -2.54. The molecule has 5 nitrogen and oxygen atoms in total. The molecule has 0 amide bonds. The quantitative estimate of drug-likeness (QED) is 0.657. The summed E-state index contributed by atoms with van der Waals surface area (Å²) >= 11 is 6.23. The van der Waals surface area contributed by atoms with E-state index in [0.717, 1.165) is 27.8 Å². The number of benzene rings is 3. The van der Waals surface area contributed by atoms with Crippen LogP contribution in [0.1, 0.15) is 28.4 Å². The van der Waals surface area contributed by atoms with Gasteiger partial charge in [0.1, 0.15) is 17.6 Å². The standard InChI is InChI=1S/C22H20ClNO4S/c1-13-15(12-29(24,25)26)9-10-17-20(13)22(14-5-3-6-16(23)11-14)28-19-8-4-7-18(27-2)21(17)19/h3-11,22H,12H2,1-2H3,(H2,24,25,26). The van der Waals surface area contributed by atoms with E-state index in [1.807, 2.05) is 49.4 Å². The minimum Gasteiger partial charge on any atom is -0.496 e. The maximum Gasteiger partial charge on any atom is 0.213 e. The topological polar surface area (TPSA) is 78.6 Å². The van der Waals surface area contributed by atoms with E-state index in [4.69, 9.17) is 26.2 Å². The van der Waals surface area contributed by atoms with Crippen molar-refractivity contribution in [2.45, 2.75) is 18.8 Å². The third-order valence-corrected chi connectivity index (χ3v) is 6.07. The summed E-state index contributed by atoms with van der Waals surface area (Å²) in [5.74, 6) is 1.14. The summed E-state index contributed by atoms with van der Waals surface area (Å²) in [6.45, 7) is 1.89. The predicted molar refractivity (Wildman–Crippen MR) is 114 cm³/mol. The smallest absolute Gasteiger partial charge is 0.213 e. The maximum atomic E-state index is 11.7. The lowest BCUT2D eigenvalue weighted by atomic mass is 9.84. The normalized spacial score (nSPS) is 15.2. The van der Waals surface area contributed by atoms with Gasteiger partial charge < -0.3 is 9.47 Å². The molecule has 1 unspecified atom stereocenters. The van der Waals surface area contributed by atoms with Crippen molar-refractivity contribution in [2.24, 2.45) is 5.14 Å². The molecule has 150 valence electrons. The Morgan fingerprint density at radius 2 is 1.90 bits per heavy atom. The molecule has 29 heavy (non-hydrogen) atoms. The van der Waals surface area contributed by atoms with Crippen molar-refractivity contribution in [1.29, 1.82) is 0 Å². The Morgan fingerprint density at radius 3 is 2.59 bits per heavy atom. The molecular formula is C22H20ClNO4S. The van der Waals surface area contributed by atoms with Gasteiger partial charge in [0.05, 0.1) is 18.4 Å². The molecule has 0 aromatic heterocycles. The van der Waals surface area contributed by atoms with Gasteiger partial charge in [0.2, 0.25) is 10.0 Å². The van der Waals surface area contributed by atoms with Gasteiger partial charge in [-0.25, -0.2) is 13.6 Å². The van der Waals surface area contributed by atoms with Gasteiger partial charge in [-0.2, -0.15) is 0 Å². The fourth-order valence-corrected chi connectivity index (χ4v) is 4.78. The minimum absolute atomic E-state index is 0.243. The third kappa shape index (κ3) is 3.71. The molecule has 3 aromatic carbocycles. The van der Waals surface area contributed by atoms with Gasteiger partial charge in [-0.3, -0.25) is 0 Å². The Labute approximate surface area is 175 Å². The molecule has 0 radical (unpaired) electrons. The van der Waals surface area contributed by atoms with Crippen LogP contribution >= 0.6 is 11.6 Å². The molecule has 0 saturated heterocycles. The summed E-state index contributed by atoms with van der Waals surface area (Å²) in [6, 6.07) is 16.8. The second kappa shape index (κ2) is 7.37. The Kier molecular flexibility index (Phi) is 5.02. The first-order valence-corrected chi connectivity index (χ1v) is 11.1. The second-order valence-electron chi connectivity index (χ2n) is 7.00. The van der Waals surface area contributed by atoms with Crippen LogP contribution in [0.2, 0.25) is 5.02 Å². The Morgan fingerprint density at radius 1 is 1.14 bits per heavy atom. The first-order valence-electron chi connectivity index (χ1n) is 9.01. The van der Waals surface area contributed by atoms with Crippen LogP contribution in [-0.2, 0) is 15.8 Å². The highest BCUT2D eigenvalue weighted by Crippen LogP contribution is 2.50. The fourth-order valence-electron chi connectivity index (χ4n) is 3.84. The van der Waals surface area contributed by atoms with Gasteiger partial charge in [0, 0.05) is 10.6 Å². The van der Waals surface area contributed by atoms with Gasteiger partial charge in [-0.1, -0.05) is 41.9 Å². The SMILES string of the molecule is COc1cccc2c1-c1ccc(CS(N)(=O)=O)c(C)c1C(c1cccc(Cl)c1)O2. The minimum atomic E-state index is -3.68. The second-order valence-corrected chi connectivity index (χ2v) is 9.06. The van der Waals surface area contributed by atoms with Gasteiger partial charge >= 0.3 is 0 Å². The van der Waals surface area contributed by atoms with E-state index in [9.17, 15) is 8.42 Å². The molecule has 1 aliphatic rings. The summed E-state index contributed by atoms with van der Waals surface area (Å²) in [5.41, 5.74) is 4.99. The van der Waals surface area contributed by atoms with Crippen LogP contribution in [0.5, 0.6) is 11.5 Å². The number of hydrogen-bond donors (Lipinski definition) is 1. The van der Waals surface area contributed by atoms with Gasteiger partial charge in [0.15, 0.2) is 0 Å². The summed E-state index contributed by atoms with van der Waals surface area (Å²) in [6.07, 6.45) is -0.441. The van der Waals surface area contributed by atoms with Crippen molar-refractivity contribution < 1.29 is 17.9 Å². The van der Waals surface area contributed by atoms with E-state index in [2.05, 4.69) is 0 Å². The van der Waals surface area contributed by atoms with Crippen LogP contribution in [0.4, 0.5) is 0 Å². The summed E-state index contributed by atoms with van der Waals surface area (Å²) in [4.78, 5) is 0. The number of hydrogen-bond acceptors (Lipinski definition) is 4. The maximum absolute atomic E-state index is 11.7. The lowest BCUT2D eigenvalue weighted by molar-refractivity contribution is 0.241. The van der Waals surface area contributed by atoms with E-state index in [0.29, 0.717) is 22.1 Å². The Bertz CT molecular complexity index is 1210. The molecular weight excluding hydrogens is 410 g/mol. The van der Waals surface area contributed by atoms with E-state index in [-0.39, 0.29) is 5.75 Å². The summed E-state index contributed by atoms with van der Waals surface area (Å²) in [5, 5.41) is 5.90. The molecule has 2 N–H and O–H groups in total. The first kappa shape index (κ1) is 19.8. The number of fused-ring (bicyclic) bond motifs is 3. The predicted octanol–water partition coefficient (Wildman–Crippen LogP) is 4.59. The zero-order valence-electron chi connectivity index (χ0n) is 16.0. The average Bonchev–Trinajstić information content (AvgIpc) is 2.67. The first-order chi connectivity index (χ1) is 13.8. The van der Waals surface area contributed by atoms with Crippen molar-refractivity contribution >= 4 is 21.6 Å². The number of rotatable bonds is 4. The van der Waals surface area contributed by atoms with Gasteiger partial charge in [0.25, 0.3) is 0 Å². The highest BCUT2D eigenvalue weighted by atomic mass is 35.5. The van der Waals surface area contributed by atoms with Crippen LogP contribution in [0, 0.1) is 6.92 Å². The van der Waals surface area contributed by atoms with E-state index in [1.165, 1.54) is 0 Å². The molecule has 1 aliphatic heterocycles. The number of methoxy groups -OCH3 is 1. The van der Waals surface area contributed by atoms with Crippen LogP contribution in [0.3, 0.4) is 0 Å². The van der Waals surface area contributed by atoms with Gasteiger partial charge in [-0.05, 0) is 53.4 Å². The van der Waals surface area contributed by atoms with Crippen LogP contribution in [0.15, 0.2) is 54.6 Å². The monoisotopic (exact) mass is 429 g/mol. The van der Waals surface area contributed by atoms with Crippen LogP contribution in [-0.4, -0.2) is 15.5 Å². The number of ether oxygens (including phenoxy) is 2. The fraction of sp³-hybridized carbons (Fsp3) is 0.182. The number of halogens is 1.